The third-order valence-electron chi connectivity index (χ3n) is 4.52. The number of fused-ring (bicyclic) bond motifs is 1. The second kappa shape index (κ2) is 5.68. The lowest BCUT2D eigenvalue weighted by Crippen LogP contribution is -2.50. The van der Waals surface area contributed by atoms with Crippen LogP contribution < -0.4 is 0 Å². The first-order valence-corrected chi connectivity index (χ1v) is 6.81. The molecule has 2 rings (SSSR count). The summed E-state index contributed by atoms with van der Waals surface area (Å²) in [5, 5.41) is -0.275. The van der Waals surface area contributed by atoms with Gasteiger partial charge in [-0.05, 0) is 42.7 Å². The average molecular weight is 261 g/mol. The lowest BCUT2D eigenvalue weighted by Gasteiger charge is -2.47. The van der Waals surface area contributed by atoms with Gasteiger partial charge in [-0.3, -0.25) is 4.79 Å². The summed E-state index contributed by atoms with van der Waals surface area (Å²) in [6.45, 7) is 0. The number of ether oxygens (including phenoxy) is 2. The van der Waals surface area contributed by atoms with Gasteiger partial charge in [0.25, 0.3) is 0 Å². The van der Waals surface area contributed by atoms with Gasteiger partial charge in [0, 0.05) is 14.2 Å². The van der Waals surface area contributed by atoms with E-state index in [-0.39, 0.29) is 23.4 Å². The maximum atomic E-state index is 11.5. The standard InChI is InChI=1S/C13H21ClO3/c1-16-11-7-10(13(14)15)12(17-2)9-6-4-3-5-8(9)11/h8-12H,3-7H2,1-2H3. The van der Waals surface area contributed by atoms with Gasteiger partial charge in [0.05, 0.1) is 18.1 Å². The first kappa shape index (κ1) is 13.3. The summed E-state index contributed by atoms with van der Waals surface area (Å²) in [5.41, 5.74) is 0. The van der Waals surface area contributed by atoms with Gasteiger partial charge in [0.1, 0.15) is 0 Å². The lowest BCUT2D eigenvalue weighted by molar-refractivity contribution is -0.142. The molecule has 98 valence electrons. The van der Waals surface area contributed by atoms with E-state index in [2.05, 4.69) is 0 Å². The van der Waals surface area contributed by atoms with Gasteiger partial charge >= 0.3 is 0 Å². The topological polar surface area (TPSA) is 35.5 Å². The highest BCUT2D eigenvalue weighted by Crippen LogP contribution is 2.45. The van der Waals surface area contributed by atoms with Crippen molar-refractivity contribution in [1.82, 2.24) is 0 Å². The van der Waals surface area contributed by atoms with Crippen LogP contribution in [0.15, 0.2) is 0 Å². The van der Waals surface area contributed by atoms with Crippen LogP contribution in [0.25, 0.3) is 0 Å². The highest BCUT2D eigenvalue weighted by Gasteiger charge is 2.47. The second-order valence-corrected chi connectivity index (χ2v) is 5.61. The largest absolute Gasteiger partial charge is 0.381 e. The number of hydrogen-bond acceptors (Lipinski definition) is 3. The van der Waals surface area contributed by atoms with Crippen molar-refractivity contribution < 1.29 is 14.3 Å². The Morgan fingerprint density at radius 3 is 2.29 bits per heavy atom. The number of hydrogen-bond donors (Lipinski definition) is 0. The molecule has 17 heavy (non-hydrogen) atoms. The van der Waals surface area contributed by atoms with Gasteiger partial charge in [-0.15, -0.1) is 0 Å². The molecule has 0 radical (unpaired) electrons. The Kier molecular flexibility index (Phi) is 4.45. The van der Waals surface area contributed by atoms with E-state index in [0.29, 0.717) is 18.3 Å². The second-order valence-electron chi connectivity index (χ2n) is 5.23. The predicted molar refractivity (Wildman–Crippen MR) is 66.0 cm³/mol. The molecule has 0 bridgehead atoms. The fourth-order valence-electron chi connectivity index (χ4n) is 3.75. The summed E-state index contributed by atoms with van der Waals surface area (Å²) in [6.07, 6.45) is 5.66. The zero-order valence-corrected chi connectivity index (χ0v) is 11.3. The fraction of sp³-hybridized carbons (Fsp3) is 0.923. The molecule has 0 heterocycles. The van der Waals surface area contributed by atoms with Crippen molar-refractivity contribution >= 4 is 16.8 Å². The van der Waals surface area contributed by atoms with E-state index in [1.54, 1.807) is 14.2 Å². The normalized spacial score (nSPS) is 41.9. The third kappa shape index (κ3) is 2.51. The van der Waals surface area contributed by atoms with Gasteiger partial charge < -0.3 is 9.47 Å². The Morgan fingerprint density at radius 2 is 1.76 bits per heavy atom. The molecule has 5 atom stereocenters. The fourth-order valence-corrected chi connectivity index (χ4v) is 3.96. The summed E-state index contributed by atoms with van der Waals surface area (Å²) < 4.78 is 11.1. The Morgan fingerprint density at radius 1 is 1.12 bits per heavy atom. The van der Waals surface area contributed by atoms with Crippen molar-refractivity contribution in [3.8, 4) is 0 Å². The Balaban J connectivity index is 2.20. The van der Waals surface area contributed by atoms with Crippen LogP contribution in [0.2, 0.25) is 0 Å². The van der Waals surface area contributed by atoms with Crippen LogP contribution >= 0.6 is 11.6 Å². The first-order valence-electron chi connectivity index (χ1n) is 6.44. The van der Waals surface area contributed by atoms with Crippen LogP contribution in [-0.2, 0) is 14.3 Å². The molecule has 2 aliphatic rings. The van der Waals surface area contributed by atoms with Crippen molar-refractivity contribution in [3.63, 3.8) is 0 Å². The molecular weight excluding hydrogens is 240 g/mol. The Bertz CT molecular complexity index is 282. The Hall–Kier alpha value is -0.120. The van der Waals surface area contributed by atoms with Gasteiger partial charge in [0.15, 0.2) is 0 Å². The van der Waals surface area contributed by atoms with Crippen LogP contribution in [0, 0.1) is 17.8 Å². The van der Waals surface area contributed by atoms with E-state index in [1.165, 1.54) is 19.3 Å². The average Bonchev–Trinajstić information content (AvgIpc) is 2.36. The molecule has 2 fully saturated rings. The summed E-state index contributed by atoms with van der Waals surface area (Å²) in [4.78, 5) is 11.5. The minimum Gasteiger partial charge on any atom is -0.381 e. The minimum atomic E-state index is -0.275. The summed E-state index contributed by atoms with van der Waals surface area (Å²) in [5.74, 6) is 0.761. The third-order valence-corrected chi connectivity index (χ3v) is 4.80. The number of carbonyl (C=O) groups is 1. The molecule has 0 aliphatic heterocycles. The lowest BCUT2D eigenvalue weighted by atomic mass is 9.64. The zero-order valence-electron chi connectivity index (χ0n) is 10.5. The zero-order chi connectivity index (χ0) is 12.4. The van der Waals surface area contributed by atoms with Crippen molar-refractivity contribution in [1.29, 1.82) is 0 Å². The molecule has 0 N–H and O–H groups in total. The molecule has 2 aliphatic carbocycles. The van der Waals surface area contributed by atoms with E-state index in [4.69, 9.17) is 21.1 Å². The maximum Gasteiger partial charge on any atom is 0.227 e. The minimum absolute atomic E-state index is 0.0169. The van der Waals surface area contributed by atoms with Gasteiger partial charge in [-0.25, -0.2) is 0 Å². The Labute approximate surface area is 108 Å². The molecule has 0 saturated heterocycles. The molecule has 4 heteroatoms. The number of halogens is 1. The molecule has 3 nitrogen and oxygen atoms in total. The van der Waals surface area contributed by atoms with E-state index >= 15 is 0 Å². The predicted octanol–water partition coefficient (Wildman–Crippen LogP) is 2.61. The molecule has 0 aromatic rings. The van der Waals surface area contributed by atoms with Crippen LogP contribution in [0.1, 0.15) is 32.1 Å². The van der Waals surface area contributed by atoms with E-state index in [9.17, 15) is 4.79 Å². The quantitative estimate of drug-likeness (QED) is 0.732. The SMILES string of the molecule is COC1CC(C(=O)Cl)C(OC)C2CCCCC12. The van der Waals surface area contributed by atoms with E-state index in [1.807, 2.05) is 0 Å². The monoisotopic (exact) mass is 260 g/mol. The van der Waals surface area contributed by atoms with Crippen LogP contribution in [0.4, 0.5) is 0 Å². The number of methoxy groups -OCH3 is 2. The molecule has 0 aromatic heterocycles. The smallest absolute Gasteiger partial charge is 0.227 e. The van der Waals surface area contributed by atoms with Crippen molar-refractivity contribution in [2.45, 2.75) is 44.3 Å². The molecular formula is C13H21ClO3. The maximum absolute atomic E-state index is 11.5. The molecule has 0 spiro atoms. The van der Waals surface area contributed by atoms with Gasteiger partial charge in [0.2, 0.25) is 5.24 Å². The van der Waals surface area contributed by atoms with Crippen molar-refractivity contribution in [2.75, 3.05) is 14.2 Å². The van der Waals surface area contributed by atoms with Crippen LogP contribution in [0.5, 0.6) is 0 Å². The highest BCUT2D eigenvalue weighted by atomic mass is 35.5. The molecule has 0 amide bonds. The highest BCUT2D eigenvalue weighted by molar-refractivity contribution is 6.64. The summed E-state index contributed by atoms with van der Waals surface area (Å²) in [7, 11) is 3.43. The van der Waals surface area contributed by atoms with Crippen molar-refractivity contribution in [2.24, 2.45) is 17.8 Å². The molecule has 5 unspecified atom stereocenters. The summed E-state index contributed by atoms with van der Waals surface area (Å²) >= 11 is 5.71. The molecule has 0 aromatic carbocycles. The number of carbonyl (C=O) groups excluding carboxylic acids is 1. The summed E-state index contributed by atoms with van der Waals surface area (Å²) in [6, 6.07) is 0. The van der Waals surface area contributed by atoms with Crippen LogP contribution in [0.3, 0.4) is 0 Å². The van der Waals surface area contributed by atoms with Crippen LogP contribution in [-0.4, -0.2) is 31.7 Å². The van der Waals surface area contributed by atoms with Crippen molar-refractivity contribution in [3.05, 3.63) is 0 Å². The van der Waals surface area contributed by atoms with Gasteiger partial charge in [-0.1, -0.05) is 12.8 Å². The van der Waals surface area contributed by atoms with E-state index < -0.39 is 0 Å². The first-order chi connectivity index (χ1) is 8.19. The molecule has 2 saturated carbocycles. The number of rotatable bonds is 3. The van der Waals surface area contributed by atoms with Gasteiger partial charge in [-0.2, -0.15) is 0 Å². The van der Waals surface area contributed by atoms with E-state index in [0.717, 1.165) is 6.42 Å².